The van der Waals surface area contributed by atoms with Crippen molar-refractivity contribution in [3.05, 3.63) is 40.8 Å². The number of allylic oxidation sites excluding steroid dienone is 2. The maximum absolute atomic E-state index is 12.5. The largest absolute Gasteiger partial charge is 0.873 e. The molecule has 0 atom stereocenters. The number of ether oxygens (including phenoxy) is 1. The van der Waals surface area contributed by atoms with Gasteiger partial charge in [0.25, 0.3) is 0 Å². The number of carbonyl (C=O) groups is 1. The fourth-order valence-corrected chi connectivity index (χ4v) is 1.62. The van der Waals surface area contributed by atoms with E-state index in [2.05, 4.69) is 0 Å². The molecule has 4 heteroatoms. The number of halogens is 1. The van der Waals surface area contributed by atoms with Crippen LogP contribution in [-0.2, 0) is 4.79 Å². The van der Waals surface area contributed by atoms with E-state index in [0.29, 0.717) is 10.8 Å². The standard InChI is InChI=1S/C17H23ClO3/c1-16(2,3)14(19)13(15(20)17(4,5)6)21-12-9-7-11(18)8-10-12/h7-10,19H,1-6H3/p-1/b14-13+. The topological polar surface area (TPSA) is 49.4 Å². The van der Waals surface area contributed by atoms with Gasteiger partial charge in [-0.25, -0.2) is 0 Å². The molecule has 1 aromatic carbocycles. The second-order valence-corrected chi connectivity index (χ2v) is 7.48. The average molecular weight is 310 g/mol. The Hall–Kier alpha value is -1.48. The lowest BCUT2D eigenvalue weighted by molar-refractivity contribution is -0.326. The van der Waals surface area contributed by atoms with Crippen LogP contribution in [0.1, 0.15) is 41.5 Å². The fourth-order valence-electron chi connectivity index (χ4n) is 1.50. The fraction of sp³-hybridized carbons (Fsp3) is 0.471. The number of ketones is 1. The zero-order valence-corrected chi connectivity index (χ0v) is 14.2. The molecule has 1 aromatic rings. The first-order valence-electron chi connectivity index (χ1n) is 6.83. The molecule has 0 N–H and O–H groups in total. The van der Waals surface area contributed by atoms with Crippen molar-refractivity contribution in [1.29, 1.82) is 0 Å². The van der Waals surface area contributed by atoms with Gasteiger partial charge in [0.2, 0.25) is 5.78 Å². The van der Waals surface area contributed by atoms with Gasteiger partial charge in [-0.1, -0.05) is 58.9 Å². The van der Waals surface area contributed by atoms with Crippen LogP contribution in [0.15, 0.2) is 35.8 Å². The summed E-state index contributed by atoms with van der Waals surface area (Å²) < 4.78 is 5.61. The Morgan fingerprint density at radius 1 is 1.00 bits per heavy atom. The minimum Gasteiger partial charge on any atom is -0.873 e. The summed E-state index contributed by atoms with van der Waals surface area (Å²) in [5.74, 6) is -0.323. The van der Waals surface area contributed by atoms with Gasteiger partial charge in [0.15, 0.2) is 5.76 Å². The van der Waals surface area contributed by atoms with Gasteiger partial charge in [0, 0.05) is 10.4 Å². The Morgan fingerprint density at radius 3 is 1.86 bits per heavy atom. The molecule has 21 heavy (non-hydrogen) atoms. The zero-order chi connectivity index (χ0) is 16.4. The number of benzene rings is 1. The van der Waals surface area contributed by atoms with E-state index in [-0.39, 0.29) is 17.3 Å². The first kappa shape index (κ1) is 17.6. The van der Waals surface area contributed by atoms with Crippen molar-refractivity contribution < 1.29 is 14.6 Å². The lowest BCUT2D eigenvalue weighted by Crippen LogP contribution is -2.33. The van der Waals surface area contributed by atoms with Crippen LogP contribution >= 0.6 is 11.6 Å². The van der Waals surface area contributed by atoms with Crippen LogP contribution in [0.25, 0.3) is 0 Å². The molecule has 0 aromatic heterocycles. The van der Waals surface area contributed by atoms with E-state index in [4.69, 9.17) is 16.3 Å². The highest BCUT2D eigenvalue weighted by Gasteiger charge is 2.29. The van der Waals surface area contributed by atoms with Gasteiger partial charge in [-0.05, 0) is 29.7 Å². The highest BCUT2D eigenvalue weighted by atomic mass is 35.5. The molecule has 0 bridgehead atoms. The van der Waals surface area contributed by atoms with Crippen LogP contribution in [0.2, 0.25) is 5.02 Å². The highest BCUT2D eigenvalue weighted by molar-refractivity contribution is 6.30. The van der Waals surface area contributed by atoms with Gasteiger partial charge in [-0.2, -0.15) is 0 Å². The lowest BCUT2D eigenvalue weighted by Gasteiger charge is -2.32. The van der Waals surface area contributed by atoms with Gasteiger partial charge in [-0.3, -0.25) is 4.79 Å². The number of hydrogen-bond acceptors (Lipinski definition) is 3. The van der Waals surface area contributed by atoms with Crippen molar-refractivity contribution in [2.45, 2.75) is 41.5 Å². The molecule has 0 unspecified atom stereocenters. The Morgan fingerprint density at radius 2 is 1.48 bits per heavy atom. The number of carbonyl (C=O) groups excluding carboxylic acids is 1. The molecule has 0 spiro atoms. The molecule has 3 nitrogen and oxygen atoms in total. The van der Waals surface area contributed by atoms with Crippen LogP contribution in [0, 0.1) is 10.8 Å². The van der Waals surface area contributed by atoms with Crippen molar-refractivity contribution in [3.63, 3.8) is 0 Å². The molecular weight excluding hydrogens is 288 g/mol. The summed E-state index contributed by atoms with van der Waals surface area (Å²) in [6, 6.07) is 6.57. The van der Waals surface area contributed by atoms with Crippen molar-refractivity contribution in [3.8, 4) is 5.75 Å². The molecule has 116 valence electrons. The maximum Gasteiger partial charge on any atom is 0.202 e. The molecule has 0 fully saturated rings. The van der Waals surface area contributed by atoms with E-state index < -0.39 is 10.8 Å². The molecule has 0 aliphatic carbocycles. The smallest absolute Gasteiger partial charge is 0.202 e. The third-order valence-electron chi connectivity index (χ3n) is 2.81. The van der Waals surface area contributed by atoms with Gasteiger partial charge in [0.1, 0.15) is 5.75 Å². The Bertz CT molecular complexity index is 543. The SMILES string of the molecule is CC(C)(C)C(=O)/C(Oc1ccc(Cl)cc1)=C(\[O-])C(C)(C)C. The van der Waals surface area contributed by atoms with Crippen molar-refractivity contribution in [2.75, 3.05) is 0 Å². The Kier molecular flexibility index (Phi) is 5.11. The molecule has 0 heterocycles. The summed E-state index contributed by atoms with van der Waals surface area (Å²) in [5, 5.41) is 13.1. The Balaban J connectivity index is 3.27. The predicted molar refractivity (Wildman–Crippen MR) is 83.0 cm³/mol. The summed E-state index contributed by atoms with van der Waals surface area (Å²) >= 11 is 5.82. The van der Waals surface area contributed by atoms with Crippen LogP contribution in [0.5, 0.6) is 5.75 Å². The molecule has 0 amide bonds. The normalized spacial score (nSPS) is 13.7. The minimum absolute atomic E-state index is 0.127. The van der Waals surface area contributed by atoms with E-state index in [1.54, 1.807) is 65.8 Å². The predicted octanol–water partition coefficient (Wildman–Crippen LogP) is 3.95. The number of hydrogen-bond donors (Lipinski definition) is 0. The van der Waals surface area contributed by atoms with Crippen LogP contribution in [-0.4, -0.2) is 5.78 Å². The molecule has 1 rings (SSSR count). The van der Waals surface area contributed by atoms with E-state index in [0.717, 1.165) is 0 Å². The molecule has 0 saturated carbocycles. The summed E-state index contributed by atoms with van der Waals surface area (Å²) in [5.41, 5.74) is -1.38. The number of rotatable bonds is 3. The van der Waals surface area contributed by atoms with E-state index >= 15 is 0 Å². The lowest BCUT2D eigenvalue weighted by atomic mass is 9.85. The third-order valence-corrected chi connectivity index (χ3v) is 3.06. The van der Waals surface area contributed by atoms with E-state index in [9.17, 15) is 9.90 Å². The molecular formula is C17H22ClO3-. The summed E-state index contributed by atoms with van der Waals surface area (Å²) in [7, 11) is 0. The van der Waals surface area contributed by atoms with Crippen molar-refractivity contribution in [1.82, 2.24) is 0 Å². The van der Waals surface area contributed by atoms with Crippen LogP contribution < -0.4 is 9.84 Å². The summed E-state index contributed by atoms with van der Waals surface area (Å²) in [4.78, 5) is 12.5. The number of Topliss-reactive ketones (excluding diaryl/α,β-unsaturated/α-hetero) is 1. The molecule has 0 radical (unpaired) electrons. The van der Waals surface area contributed by atoms with E-state index in [1.807, 2.05) is 0 Å². The monoisotopic (exact) mass is 309 g/mol. The zero-order valence-electron chi connectivity index (χ0n) is 13.4. The third kappa shape index (κ3) is 4.78. The maximum atomic E-state index is 12.5. The van der Waals surface area contributed by atoms with Gasteiger partial charge in [0.05, 0.1) is 0 Å². The summed E-state index contributed by atoms with van der Waals surface area (Å²) in [6.45, 7) is 10.6. The summed E-state index contributed by atoms with van der Waals surface area (Å²) in [6.07, 6.45) is 0. The first-order chi connectivity index (χ1) is 9.43. The van der Waals surface area contributed by atoms with Gasteiger partial charge < -0.3 is 9.84 Å². The highest BCUT2D eigenvalue weighted by Crippen LogP contribution is 2.30. The van der Waals surface area contributed by atoms with Crippen molar-refractivity contribution in [2.24, 2.45) is 10.8 Å². The molecule has 0 saturated heterocycles. The van der Waals surface area contributed by atoms with Gasteiger partial charge >= 0.3 is 0 Å². The average Bonchev–Trinajstić information content (AvgIpc) is 2.34. The quantitative estimate of drug-likeness (QED) is 0.627. The Labute approximate surface area is 131 Å². The van der Waals surface area contributed by atoms with Crippen LogP contribution in [0.3, 0.4) is 0 Å². The first-order valence-corrected chi connectivity index (χ1v) is 7.20. The van der Waals surface area contributed by atoms with Gasteiger partial charge in [-0.15, -0.1) is 0 Å². The second-order valence-electron chi connectivity index (χ2n) is 7.04. The molecule has 0 aliphatic heterocycles. The second kappa shape index (κ2) is 6.10. The minimum atomic E-state index is -0.692. The van der Waals surface area contributed by atoms with E-state index in [1.165, 1.54) is 0 Å². The van der Waals surface area contributed by atoms with Crippen molar-refractivity contribution >= 4 is 17.4 Å². The van der Waals surface area contributed by atoms with Crippen LogP contribution in [0.4, 0.5) is 0 Å². The molecule has 0 aliphatic rings.